The first-order chi connectivity index (χ1) is 7.41. The zero-order valence-corrected chi connectivity index (χ0v) is 10.7. The highest BCUT2D eigenvalue weighted by molar-refractivity contribution is 4.49. The number of hydrogen-bond donors (Lipinski definition) is 1. The van der Waals surface area contributed by atoms with Crippen molar-refractivity contribution in [1.29, 1.82) is 0 Å². The van der Waals surface area contributed by atoms with Gasteiger partial charge in [-0.3, -0.25) is 0 Å². The molecule has 2 heteroatoms. The van der Waals surface area contributed by atoms with Crippen molar-refractivity contribution in [3.05, 3.63) is 0 Å². The summed E-state index contributed by atoms with van der Waals surface area (Å²) in [5.74, 6) is 0. The van der Waals surface area contributed by atoms with Crippen molar-refractivity contribution in [2.45, 2.75) is 58.8 Å². The van der Waals surface area contributed by atoms with Gasteiger partial charge >= 0.3 is 0 Å². The van der Waals surface area contributed by atoms with Gasteiger partial charge in [-0.2, -0.15) is 0 Å². The first-order valence-corrected chi connectivity index (χ1v) is 6.70. The Kier molecular flexibility index (Phi) is 13.8. The van der Waals surface area contributed by atoms with Gasteiger partial charge in [0, 0.05) is 13.2 Å². The lowest BCUT2D eigenvalue weighted by molar-refractivity contribution is 0.132. The lowest BCUT2D eigenvalue weighted by atomic mass is 10.1. The summed E-state index contributed by atoms with van der Waals surface area (Å²) in [6.07, 6.45) is 9.12. The normalized spacial score (nSPS) is 10.8. The second-order valence-electron chi connectivity index (χ2n) is 4.13. The van der Waals surface area contributed by atoms with Gasteiger partial charge in [0.25, 0.3) is 0 Å². The molecule has 0 amide bonds. The molecule has 0 bridgehead atoms. The van der Waals surface area contributed by atoms with Gasteiger partial charge in [-0.25, -0.2) is 0 Å². The van der Waals surface area contributed by atoms with Crippen LogP contribution in [0.5, 0.6) is 0 Å². The van der Waals surface area contributed by atoms with Gasteiger partial charge in [-0.1, -0.05) is 39.5 Å². The Labute approximate surface area is 95.8 Å². The zero-order chi connectivity index (χ0) is 11.2. The smallest absolute Gasteiger partial charge is 0.0478 e. The van der Waals surface area contributed by atoms with E-state index in [9.17, 15) is 0 Å². The molecule has 0 rings (SSSR count). The Bertz CT molecular complexity index is 94.7. The summed E-state index contributed by atoms with van der Waals surface area (Å²) in [5, 5.41) is 3.46. The van der Waals surface area contributed by atoms with E-state index < -0.39 is 0 Å². The topological polar surface area (TPSA) is 21.3 Å². The van der Waals surface area contributed by atoms with Gasteiger partial charge in [-0.05, 0) is 32.4 Å². The molecule has 2 nitrogen and oxygen atoms in total. The molecule has 0 heterocycles. The standard InChI is InChI=1S/C13H29NO/c1-3-5-6-7-8-10-14-11-9-13-15-12-4-2/h14H,3-13H2,1-2H3. The molecule has 0 aliphatic carbocycles. The van der Waals surface area contributed by atoms with E-state index in [1.54, 1.807) is 0 Å². The Balaban J connectivity index is 2.81. The van der Waals surface area contributed by atoms with Gasteiger partial charge < -0.3 is 10.1 Å². The zero-order valence-electron chi connectivity index (χ0n) is 10.7. The first-order valence-electron chi connectivity index (χ1n) is 6.70. The molecule has 0 atom stereocenters. The van der Waals surface area contributed by atoms with Crippen LogP contribution in [0.15, 0.2) is 0 Å². The minimum atomic E-state index is 0.913. The van der Waals surface area contributed by atoms with E-state index >= 15 is 0 Å². The summed E-state index contributed by atoms with van der Waals surface area (Å²) >= 11 is 0. The van der Waals surface area contributed by atoms with Crippen LogP contribution < -0.4 is 5.32 Å². The highest BCUT2D eigenvalue weighted by Crippen LogP contribution is 2.00. The molecule has 1 N–H and O–H groups in total. The fourth-order valence-corrected chi connectivity index (χ4v) is 1.52. The summed E-state index contributed by atoms with van der Waals surface area (Å²) in [4.78, 5) is 0. The summed E-state index contributed by atoms with van der Waals surface area (Å²) in [5.41, 5.74) is 0. The van der Waals surface area contributed by atoms with E-state index in [1.165, 1.54) is 38.6 Å². The number of unbranched alkanes of at least 4 members (excludes halogenated alkanes) is 4. The Hall–Kier alpha value is -0.0800. The molecule has 0 aromatic carbocycles. The summed E-state index contributed by atoms with van der Waals surface area (Å²) < 4.78 is 5.40. The average molecular weight is 215 g/mol. The van der Waals surface area contributed by atoms with Crippen LogP contribution in [0.3, 0.4) is 0 Å². The van der Waals surface area contributed by atoms with Crippen LogP contribution in [0.25, 0.3) is 0 Å². The molecule has 92 valence electrons. The molecule has 0 saturated heterocycles. The van der Waals surface area contributed by atoms with E-state index in [2.05, 4.69) is 19.2 Å². The quantitative estimate of drug-likeness (QED) is 0.504. The Morgan fingerprint density at radius 3 is 2.20 bits per heavy atom. The van der Waals surface area contributed by atoms with Crippen molar-refractivity contribution < 1.29 is 4.74 Å². The predicted octanol–water partition coefficient (Wildman–Crippen LogP) is 3.36. The van der Waals surface area contributed by atoms with Gasteiger partial charge in [-0.15, -0.1) is 0 Å². The van der Waals surface area contributed by atoms with Crippen molar-refractivity contribution in [3.63, 3.8) is 0 Å². The van der Waals surface area contributed by atoms with Gasteiger partial charge in [0.2, 0.25) is 0 Å². The van der Waals surface area contributed by atoms with E-state index in [0.717, 1.165) is 32.6 Å². The van der Waals surface area contributed by atoms with Crippen molar-refractivity contribution in [2.75, 3.05) is 26.3 Å². The number of hydrogen-bond acceptors (Lipinski definition) is 2. The monoisotopic (exact) mass is 215 g/mol. The van der Waals surface area contributed by atoms with E-state index in [4.69, 9.17) is 4.74 Å². The van der Waals surface area contributed by atoms with Crippen LogP contribution in [-0.4, -0.2) is 26.3 Å². The molecule has 0 fully saturated rings. The average Bonchev–Trinajstić information content (AvgIpc) is 2.26. The maximum absolute atomic E-state index is 5.40. The second-order valence-corrected chi connectivity index (χ2v) is 4.13. The van der Waals surface area contributed by atoms with Crippen molar-refractivity contribution in [1.82, 2.24) is 5.32 Å². The SMILES string of the molecule is CCCCCCCNCCCOCCC. The minimum absolute atomic E-state index is 0.913. The van der Waals surface area contributed by atoms with Crippen LogP contribution in [0, 0.1) is 0 Å². The largest absolute Gasteiger partial charge is 0.381 e. The van der Waals surface area contributed by atoms with Crippen LogP contribution in [0.1, 0.15) is 58.8 Å². The molecule has 0 unspecified atom stereocenters. The molecule has 0 radical (unpaired) electrons. The molecule has 0 aromatic heterocycles. The van der Waals surface area contributed by atoms with Gasteiger partial charge in [0.15, 0.2) is 0 Å². The fourth-order valence-electron chi connectivity index (χ4n) is 1.52. The number of rotatable bonds is 12. The van der Waals surface area contributed by atoms with Crippen LogP contribution in [-0.2, 0) is 4.74 Å². The molecule has 0 aliphatic heterocycles. The van der Waals surface area contributed by atoms with Gasteiger partial charge in [0.05, 0.1) is 0 Å². The van der Waals surface area contributed by atoms with Crippen molar-refractivity contribution >= 4 is 0 Å². The Morgan fingerprint density at radius 2 is 1.47 bits per heavy atom. The fraction of sp³-hybridized carbons (Fsp3) is 1.00. The minimum Gasteiger partial charge on any atom is -0.381 e. The summed E-state index contributed by atoms with van der Waals surface area (Å²) in [7, 11) is 0. The lowest BCUT2D eigenvalue weighted by Gasteiger charge is -2.05. The number of nitrogens with one attached hydrogen (secondary N) is 1. The molecular weight excluding hydrogens is 186 g/mol. The highest BCUT2D eigenvalue weighted by atomic mass is 16.5. The van der Waals surface area contributed by atoms with E-state index in [0.29, 0.717) is 0 Å². The van der Waals surface area contributed by atoms with Crippen molar-refractivity contribution in [2.24, 2.45) is 0 Å². The van der Waals surface area contributed by atoms with Crippen LogP contribution >= 0.6 is 0 Å². The Morgan fingerprint density at radius 1 is 0.733 bits per heavy atom. The van der Waals surface area contributed by atoms with Crippen LogP contribution in [0.4, 0.5) is 0 Å². The third kappa shape index (κ3) is 13.9. The molecule has 0 aromatic rings. The summed E-state index contributed by atoms with van der Waals surface area (Å²) in [6, 6.07) is 0. The molecule has 15 heavy (non-hydrogen) atoms. The predicted molar refractivity (Wildman–Crippen MR) is 67.4 cm³/mol. The van der Waals surface area contributed by atoms with Gasteiger partial charge in [0.1, 0.15) is 0 Å². The maximum Gasteiger partial charge on any atom is 0.0478 e. The molecular formula is C13H29NO. The van der Waals surface area contributed by atoms with E-state index in [-0.39, 0.29) is 0 Å². The van der Waals surface area contributed by atoms with Crippen LogP contribution in [0.2, 0.25) is 0 Å². The maximum atomic E-state index is 5.40. The third-order valence-corrected chi connectivity index (χ3v) is 2.45. The molecule has 0 saturated carbocycles. The van der Waals surface area contributed by atoms with E-state index in [1.807, 2.05) is 0 Å². The highest BCUT2D eigenvalue weighted by Gasteiger charge is 1.90. The summed E-state index contributed by atoms with van der Waals surface area (Å²) in [6.45, 7) is 8.52. The molecule has 0 spiro atoms. The first kappa shape index (κ1) is 14.9. The lowest BCUT2D eigenvalue weighted by Crippen LogP contribution is -2.18. The third-order valence-electron chi connectivity index (χ3n) is 2.45. The number of ether oxygens (including phenoxy) is 1. The molecule has 0 aliphatic rings. The second kappa shape index (κ2) is 13.9. The van der Waals surface area contributed by atoms with Crippen molar-refractivity contribution in [3.8, 4) is 0 Å².